The summed E-state index contributed by atoms with van der Waals surface area (Å²) in [6.45, 7) is 1.12. The van der Waals surface area contributed by atoms with E-state index in [1.165, 1.54) is 49.7 Å². The van der Waals surface area contributed by atoms with E-state index in [1.807, 2.05) is 0 Å². The summed E-state index contributed by atoms with van der Waals surface area (Å²) in [5.41, 5.74) is 2.67. The van der Waals surface area contributed by atoms with Gasteiger partial charge >= 0.3 is 0 Å². The first kappa shape index (κ1) is 13.3. The van der Waals surface area contributed by atoms with Crippen LogP contribution in [0, 0.1) is 0 Å². The number of benzene rings is 1. The van der Waals surface area contributed by atoms with Gasteiger partial charge in [-0.25, -0.2) is 0 Å². The molecular formula is C16H22ClNO. The number of ether oxygens (including phenoxy) is 1. The normalized spacial score (nSPS) is 24.0. The predicted molar refractivity (Wildman–Crippen MR) is 79.2 cm³/mol. The summed E-state index contributed by atoms with van der Waals surface area (Å²) < 4.78 is 5.55. The second-order valence-electron chi connectivity index (χ2n) is 5.76. The molecule has 1 atom stereocenters. The Bertz CT molecular complexity index is 448. The molecule has 2 fully saturated rings. The van der Waals surface area contributed by atoms with Crippen molar-refractivity contribution in [3.63, 3.8) is 0 Å². The molecule has 1 N–H and O–H groups in total. The molecule has 2 nitrogen and oxygen atoms in total. The molecule has 1 saturated carbocycles. The topological polar surface area (TPSA) is 21.3 Å². The van der Waals surface area contributed by atoms with Gasteiger partial charge in [0.1, 0.15) is 5.75 Å². The zero-order valence-corrected chi connectivity index (χ0v) is 12.3. The summed E-state index contributed by atoms with van der Waals surface area (Å²) in [6, 6.07) is 4.90. The minimum Gasteiger partial charge on any atom is -0.495 e. The Balaban J connectivity index is 1.98. The molecule has 1 saturated heterocycles. The van der Waals surface area contributed by atoms with Crippen molar-refractivity contribution in [2.24, 2.45) is 0 Å². The van der Waals surface area contributed by atoms with E-state index in [2.05, 4.69) is 17.4 Å². The van der Waals surface area contributed by atoms with Crippen LogP contribution in [0.1, 0.15) is 61.6 Å². The van der Waals surface area contributed by atoms with E-state index in [1.54, 1.807) is 7.11 Å². The van der Waals surface area contributed by atoms with Crippen molar-refractivity contribution in [3.8, 4) is 5.75 Å². The summed E-state index contributed by atoms with van der Waals surface area (Å²) in [5, 5.41) is 4.33. The third kappa shape index (κ3) is 2.61. The monoisotopic (exact) mass is 279 g/mol. The largest absolute Gasteiger partial charge is 0.495 e. The van der Waals surface area contributed by atoms with Crippen molar-refractivity contribution in [2.75, 3.05) is 13.7 Å². The van der Waals surface area contributed by atoms with Crippen LogP contribution < -0.4 is 10.1 Å². The highest BCUT2D eigenvalue weighted by Crippen LogP contribution is 2.43. The van der Waals surface area contributed by atoms with E-state index in [-0.39, 0.29) is 0 Å². The molecule has 0 radical (unpaired) electrons. The van der Waals surface area contributed by atoms with Gasteiger partial charge in [0, 0.05) is 6.04 Å². The quantitative estimate of drug-likeness (QED) is 0.884. The van der Waals surface area contributed by atoms with Crippen LogP contribution in [-0.4, -0.2) is 13.7 Å². The van der Waals surface area contributed by atoms with Gasteiger partial charge in [-0.15, -0.1) is 0 Å². The maximum absolute atomic E-state index is 6.44. The Hall–Kier alpha value is -0.730. The van der Waals surface area contributed by atoms with Gasteiger partial charge in [-0.1, -0.05) is 30.5 Å². The average Bonchev–Trinajstić information content (AvgIpc) is 3.11. The number of methoxy groups -OCH3 is 1. The lowest BCUT2D eigenvalue weighted by Gasteiger charge is -2.20. The van der Waals surface area contributed by atoms with Crippen LogP contribution in [0.15, 0.2) is 12.1 Å². The summed E-state index contributed by atoms with van der Waals surface area (Å²) >= 11 is 6.44. The van der Waals surface area contributed by atoms with E-state index in [0.29, 0.717) is 12.0 Å². The van der Waals surface area contributed by atoms with E-state index in [9.17, 15) is 0 Å². The Morgan fingerprint density at radius 2 is 1.95 bits per heavy atom. The van der Waals surface area contributed by atoms with Gasteiger partial charge in [0.2, 0.25) is 0 Å². The zero-order valence-electron chi connectivity index (χ0n) is 11.5. The Labute approximate surface area is 120 Å². The molecule has 1 aliphatic carbocycles. The fourth-order valence-electron chi connectivity index (χ4n) is 3.56. The first-order valence-electron chi connectivity index (χ1n) is 7.40. The van der Waals surface area contributed by atoms with E-state index in [0.717, 1.165) is 17.3 Å². The minimum absolute atomic E-state index is 0.476. The lowest BCUT2D eigenvalue weighted by atomic mass is 9.92. The number of hydrogen-bond donors (Lipinski definition) is 1. The number of rotatable bonds is 3. The standard InChI is InChI=1S/C16H22ClNO/c1-19-16-13(11-5-2-3-6-11)9-12(10-14(16)17)15-7-4-8-18-15/h9-11,15,18H,2-8H2,1H3. The SMILES string of the molecule is COc1c(Cl)cc(C2CCCN2)cc1C1CCCC1. The number of halogens is 1. The maximum Gasteiger partial charge on any atom is 0.140 e. The van der Waals surface area contributed by atoms with E-state index >= 15 is 0 Å². The van der Waals surface area contributed by atoms with Gasteiger partial charge in [0.05, 0.1) is 12.1 Å². The molecule has 104 valence electrons. The zero-order chi connectivity index (χ0) is 13.2. The minimum atomic E-state index is 0.476. The fraction of sp³-hybridized carbons (Fsp3) is 0.625. The molecule has 1 aromatic carbocycles. The Morgan fingerprint density at radius 3 is 2.58 bits per heavy atom. The first-order valence-corrected chi connectivity index (χ1v) is 7.78. The predicted octanol–water partition coefficient (Wildman–Crippen LogP) is 4.43. The van der Waals surface area contributed by atoms with Gasteiger partial charge < -0.3 is 10.1 Å². The van der Waals surface area contributed by atoms with Crippen molar-refractivity contribution in [1.82, 2.24) is 5.32 Å². The van der Waals surface area contributed by atoms with E-state index in [4.69, 9.17) is 16.3 Å². The fourth-order valence-corrected chi connectivity index (χ4v) is 3.87. The molecule has 1 aromatic rings. The molecular weight excluding hydrogens is 258 g/mol. The van der Waals surface area contributed by atoms with Crippen LogP contribution in [0.4, 0.5) is 0 Å². The lowest BCUT2D eigenvalue weighted by molar-refractivity contribution is 0.405. The Kier molecular flexibility index (Phi) is 3.99. The number of nitrogens with one attached hydrogen (secondary N) is 1. The molecule has 3 rings (SSSR count). The highest BCUT2D eigenvalue weighted by Gasteiger charge is 2.25. The molecule has 2 aliphatic rings. The number of hydrogen-bond acceptors (Lipinski definition) is 2. The molecule has 0 amide bonds. The molecule has 19 heavy (non-hydrogen) atoms. The van der Waals surface area contributed by atoms with Gasteiger partial charge in [-0.2, -0.15) is 0 Å². The second-order valence-corrected chi connectivity index (χ2v) is 6.16. The van der Waals surface area contributed by atoms with Crippen molar-refractivity contribution < 1.29 is 4.74 Å². The molecule has 0 spiro atoms. The average molecular weight is 280 g/mol. The molecule has 1 heterocycles. The van der Waals surface area contributed by atoms with Gasteiger partial charge in [-0.05, 0) is 55.3 Å². The molecule has 1 aliphatic heterocycles. The van der Waals surface area contributed by atoms with Crippen molar-refractivity contribution in [3.05, 3.63) is 28.3 Å². The van der Waals surface area contributed by atoms with Crippen molar-refractivity contribution in [1.29, 1.82) is 0 Å². The van der Waals surface area contributed by atoms with Crippen molar-refractivity contribution in [2.45, 2.75) is 50.5 Å². The smallest absolute Gasteiger partial charge is 0.140 e. The van der Waals surface area contributed by atoms with Crippen LogP contribution in [-0.2, 0) is 0 Å². The van der Waals surface area contributed by atoms with Gasteiger partial charge in [0.25, 0.3) is 0 Å². The molecule has 1 unspecified atom stereocenters. The van der Waals surface area contributed by atoms with Crippen LogP contribution in [0.3, 0.4) is 0 Å². The van der Waals surface area contributed by atoms with Crippen LogP contribution in [0.5, 0.6) is 5.75 Å². The lowest BCUT2D eigenvalue weighted by Crippen LogP contribution is -2.13. The van der Waals surface area contributed by atoms with Crippen LogP contribution in [0.2, 0.25) is 5.02 Å². The second kappa shape index (κ2) is 5.72. The van der Waals surface area contributed by atoms with Gasteiger partial charge in [0.15, 0.2) is 0 Å². The third-order valence-corrected chi connectivity index (χ3v) is 4.84. The molecule has 0 aromatic heterocycles. The molecule has 3 heteroatoms. The highest BCUT2D eigenvalue weighted by molar-refractivity contribution is 6.32. The summed E-state index contributed by atoms with van der Waals surface area (Å²) in [7, 11) is 1.73. The van der Waals surface area contributed by atoms with Gasteiger partial charge in [-0.3, -0.25) is 0 Å². The summed E-state index contributed by atoms with van der Waals surface area (Å²) in [4.78, 5) is 0. The van der Waals surface area contributed by atoms with Crippen LogP contribution in [0.25, 0.3) is 0 Å². The Morgan fingerprint density at radius 1 is 1.16 bits per heavy atom. The summed E-state index contributed by atoms with van der Waals surface area (Å²) in [6.07, 6.45) is 7.68. The van der Waals surface area contributed by atoms with Crippen molar-refractivity contribution >= 4 is 11.6 Å². The maximum atomic E-state index is 6.44. The molecule has 0 bridgehead atoms. The third-order valence-electron chi connectivity index (χ3n) is 4.56. The highest BCUT2D eigenvalue weighted by atomic mass is 35.5. The first-order chi connectivity index (χ1) is 9.29. The summed E-state index contributed by atoms with van der Waals surface area (Å²) in [5.74, 6) is 1.53. The van der Waals surface area contributed by atoms with E-state index < -0.39 is 0 Å². The van der Waals surface area contributed by atoms with Crippen LogP contribution >= 0.6 is 11.6 Å².